The number of hydrogen-bond donors (Lipinski definition) is 3. The van der Waals surface area contributed by atoms with E-state index in [2.05, 4.69) is 4.74 Å². The molecule has 152 valence electrons. The van der Waals surface area contributed by atoms with Crippen LogP contribution in [0, 0.1) is 0 Å². The second-order valence-electron chi connectivity index (χ2n) is 6.19. The van der Waals surface area contributed by atoms with Crippen LogP contribution in [0.5, 0.6) is 0 Å². The highest BCUT2D eigenvalue weighted by atomic mass is 19.4. The third-order valence-electron chi connectivity index (χ3n) is 3.89. The van der Waals surface area contributed by atoms with Gasteiger partial charge in [0.15, 0.2) is 0 Å². The standard InChI is InChI=1S/C19H26F3NO4/c1-2-27-18(26)16(23)17(25)15(24)7-5-3-4-6-13-8-10-14(11-9-13)12-19(20,21)22/h3,5,8-11,15-17,24-25H,2,4,6-7,12,23H2,1H3/b5-3+. The van der Waals surface area contributed by atoms with Crippen LogP contribution >= 0.6 is 0 Å². The SMILES string of the molecule is CCOC(=O)C(N)C(O)C(O)C/C=C/CCc1ccc(CC(F)(F)F)cc1. The molecule has 5 nitrogen and oxygen atoms in total. The normalized spacial score (nSPS) is 15.5. The van der Waals surface area contributed by atoms with Crippen molar-refractivity contribution >= 4 is 5.97 Å². The van der Waals surface area contributed by atoms with E-state index in [4.69, 9.17) is 5.73 Å². The summed E-state index contributed by atoms with van der Waals surface area (Å²) in [5, 5.41) is 19.7. The molecule has 0 radical (unpaired) electrons. The van der Waals surface area contributed by atoms with Crippen molar-refractivity contribution in [2.45, 2.75) is 57.0 Å². The Morgan fingerprint density at radius 3 is 2.33 bits per heavy atom. The lowest BCUT2D eigenvalue weighted by Crippen LogP contribution is -2.48. The number of alkyl halides is 3. The molecule has 1 aromatic rings. The van der Waals surface area contributed by atoms with Gasteiger partial charge in [-0.2, -0.15) is 13.2 Å². The molecule has 4 N–H and O–H groups in total. The van der Waals surface area contributed by atoms with E-state index < -0.39 is 36.8 Å². The minimum absolute atomic E-state index is 0.110. The summed E-state index contributed by atoms with van der Waals surface area (Å²) in [5.74, 6) is -0.776. The molecule has 0 saturated heterocycles. The molecule has 0 aromatic heterocycles. The van der Waals surface area contributed by atoms with E-state index in [1.165, 1.54) is 12.1 Å². The van der Waals surface area contributed by atoms with Gasteiger partial charge in [0.25, 0.3) is 0 Å². The van der Waals surface area contributed by atoms with Crippen molar-refractivity contribution in [2.75, 3.05) is 6.61 Å². The highest BCUT2D eigenvalue weighted by Crippen LogP contribution is 2.21. The zero-order valence-electron chi connectivity index (χ0n) is 15.2. The van der Waals surface area contributed by atoms with Crippen molar-refractivity contribution in [2.24, 2.45) is 5.73 Å². The molecule has 1 aromatic carbocycles. The monoisotopic (exact) mass is 389 g/mol. The number of aryl methyl sites for hydroxylation is 1. The van der Waals surface area contributed by atoms with E-state index in [9.17, 15) is 28.2 Å². The molecule has 0 amide bonds. The fourth-order valence-electron chi connectivity index (χ4n) is 2.42. The highest BCUT2D eigenvalue weighted by Gasteiger charge is 2.29. The first-order valence-corrected chi connectivity index (χ1v) is 8.72. The molecule has 0 aliphatic rings. The maximum absolute atomic E-state index is 12.3. The number of esters is 1. The van der Waals surface area contributed by atoms with E-state index >= 15 is 0 Å². The van der Waals surface area contributed by atoms with Crippen molar-refractivity contribution < 1.29 is 32.9 Å². The van der Waals surface area contributed by atoms with Gasteiger partial charge in [0.1, 0.15) is 12.1 Å². The second kappa shape index (κ2) is 11.1. The fraction of sp³-hybridized carbons (Fsp3) is 0.526. The van der Waals surface area contributed by atoms with Gasteiger partial charge in [-0.3, -0.25) is 4.79 Å². The number of aliphatic hydroxyl groups is 2. The number of carbonyl (C=O) groups excluding carboxylic acids is 1. The van der Waals surface area contributed by atoms with Crippen molar-refractivity contribution in [3.05, 3.63) is 47.5 Å². The van der Waals surface area contributed by atoms with Crippen LogP contribution in [0.15, 0.2) is 36.4 Å². The van der Waals surface area contributed by atoms with Crippen LogP contribution in [0.1, 0.15) is 30.9 Å². The number of benzene rings is 1. The molecule has 1 rings (SSSR count). The van der Waals surface area contributed by atoms with Gasteiger partial charge in [0.05, 0.1) is 19.1 Å². The van der Waals surface area contributed by atoms with Gasteiger partial charge in [0.2, 0.25) is 0 Å². The van der Waals surface area contributed by atoms with Gasteiger partial charge >= 0.3 is 12.1 Å². The molecule has 0 saturated carbocycles. The summed E-state index contributed by atoms with van der Waals surface area (Å²) < 4.78 is 41.6. The first-order chi connectivity index (χ1) is 12.6. The number of carbonyl (C=O) groups is 1. The van der Waals surface area contributed by atoms with Gasteiger partial charge in [-0.1, -0.05) is 36.4 Å². The number of halogens is 3. The van der Waals surface area contributed by atoms with Gasteiger partial charge < -0.3 is 20.7 Å². The molecule has 3 atom stereocenters. The number of allylic oxidation sites excluding steroid dienone is 1. The Bertz CT molecular complexity index is 602. The van der Waals surface area contributed by atoms with Crippen LogP contribution in [0.3, 0.4) is 0 Å². The highest BCUT2D eigenvalue weighted by molar-refractivity contribution is 5.76. The maximum Gasteiger partial charge on any atom is 0.393 e. The summed E-state index contributed by atoms with van der Waals surface area (Å²) >= 11 is 0. The van der Waals surface area contributed by atoms with Crippen molar-refractivity contribution in [1.29, 1.82) is 0 Å². The molecular weight excluding hydrogens is 363 g/mol. The van der Waals surface area contributed by atoms with Crippen molar-refractivity contribution in [3.8, 4) is 0 Å². The quantitative estimate of drug-likeness (QED) is 0.422. The van der Waals surface area contributed by atoms with Crippen LogP contribution < -0.4 is 5.73 Å². The molecule has 0 aliphatic heterocycles. The van der Waals surface area contributed by atoms with Gasteiger partial charge in [-0.25, -0.2) is 0 Å². The van der Waals surface area contributed by atoms with E-state index in [0.717, 1.165) is 5.56 Å². The number of ether oxygens (including phenoxy) is 1. The zero-order chi connectivity index (χ0) is 20.4. The molecule has 0 bridgehead atoms. The number of hydrogen-bond acceptors (Lipinski definition) is 5. The lowest BCUT2D eigenvalue weighted by molar-refractivity contribution is -0.149. The zero-order valence-corrected chi connectivity index (χ0v) is 15.2. The fourth-order valence-corrected chi connectivity index (χ4v) is 2.42. The average Bonchev–Trinajstić information content (AvgIpc) is 2.60. The molecule has 0 spiro atoms. The van der Waals surface area contributed by atoms with Crippen LogP contribution in [0.4, 0.5) is 13.2 Å². The van der Waals surface area contributed by atoms with E-state index in [0.29, 0.717) is 12.8 Å². The van der Waals surface area contributed by atoms with E-state index in [-0.39, 0.29) is 18.6 Å². The topological polar surface area (TPSA) is 92.8 Å². The van der Waals surface area contributed by atoms with E-state index in [1.54, 1.807) is 31.2 Å². The lowest BCUT2D eigenvalue weighted by Gasteiger charge is -2.21. The van der Waals surface area contributed by atoms with Gasteiger partial charge in [-0.05, 0) is 37.3 Å². The summed E-state index contributed by atoms with van der Waals surface area (Å²) in [7, 11) is 0. The molecule has 8 heteroatoms. The van der Waals surface area contributed by atoms with E-state index in [1.807, 2.05) is 0 Å². The summed E-state index contributed by atoms with van der Waals surface area (Å²) in [6.07, 6.45) is -3.00. The van der Waals surface area contributed by atoms with Crippen LogP contribution in [0.25, 0.3) is 0 Å². The first kappa shape index (κ1) is 23.1. The summed E-state index contributed by atoms with van der Waals surface area (Å²) in [5.41, 5.74) is 6.64. The first-order valence-electron chi connectivity index (χ1n) is 8.72. The molecule has 27 heavy (non-hydrogen) atoms. The predicted molar refractivity (Wildman–Crippen MR) is 94.9 cm³/mol. The summed E-state index contributed by atoms with van der Waals surface area (Å²) in [6.45, 7) is 1.74. The molecule has 3 unspecified atom stereocenters. The minimum Gasteiger partial charge on any atom is -0.465 e. The average molecular weight is 389 g/mol. The van der Waals surface area contributed by atoms with Gasteiger partial charge in [0, 0.05) is 0 Å². The number of nitrogens with two attached hydrogens (primary N) is 1. The second-order valence-corrected chi connectivity index (χ2v) is 6.19. The molecule has 0 aliphatic carbocycles. The van der Waals surface area contributed by atoms with Crippen molar-refractivity contribution in [1.82, 2.24) is 0 Å². The Balaban J connectivity index is 2.37. The summed E-state index contributed by atoms with van der Waals surface area (Å²) in [6, 6.07) is 4.92. The Morgan fingerprint density at radius 2 is 1.78 bits per heavy atom. The Morgan fingerprint density at radius 1 is 1.19 bits per heavy atom. The summed E-state index contributed by atoms with van der Waals surface area (Å²) in [4.78, 5) is 11.4. The van der Waals surface area contributed by atoms with Crippen LogP contribution in [0.2, 0.25) is 0 Å². The van der Waals surface area contributed by atoms with Crippen LogP contribution in [-0.2, 0) is 22.4 Å². The smallest absolute Gasteiger partial charge is 0.393 e. The largest absolute Gasteiger partial charge is 0.465 e. The molecule has 0 heterocycles. The lowest BCUT2D eigenvalue weighted by atomic mass is 10.0. The predicted octanol–water partition coefficient (Wildman–Crippen LogP) is 2.28. The third kappa shape index (κ3) is 9.03. The van der Waals surface area contributed by atoms with Crippen molar-refractivity contribution in [3.63, 3.8) is 0 Å². The molecule has 0 fully saturated rings. The van der Waals surface area contributed by atoms with Crippen LogP contribution in [-0.4, -0.2) is 47.2 Å². The minimum atomic E-state index is -4.22. The molecular formula is C19H26F3NO4. The Labute approximate surface area is 156 Å². The number of aliphatic hydroxyl groups excluding tert-OH is 2. The Kier molecular flexibility index (Phi) is 9.48. The van der Waals surface area contributed by atoms with Gasteiger partial charge in [-0.15, -0.1) is 0 Å². The number of rotatable bonds is 10. The third-order valence-corrected chi connectivity index (χ3v) is 3.89. The Hall–Kier alpha value is -1.90. The maximum atomic E-state index is 12.3.